The Morgan fingerprint density at radius 2 is 1.78 bits per heavy atom. The van der Waals surface area contributed by atoms with Gasteiger partial charge in [-0.05, 0) is 39.8 Å². The van der Waals surface area contributed by atoms with E-state index in [4.69, 9.17) is 5.73 Å². The zero-order valence-electron chi connectivity index (χ0n) is 11.0. The molecular formula is C13H18F2N2O. The second-order valence-corrected chi connectivity index (χ2v) is 5.42. The van der Waals surface area contributed by atoms with Crippen LogP contribution >= 0.6 is 0 Å². The van der Waals surface area contributed by atoms with E-state index in [0.717, 1.165) is 12.1 Å². The minimum Gasteiger partial charge on any atom is -0.325 e. The van der Waals surface area contributed by atoms with E-state index < -0.39 is 28.5 Å². The number of anilines is 1. The van der Waals surface area contributed by atoms with Crippen LogP contribution < -0.4 is 11.1 Å². The predicted octanol–water partition coefficient (Wildman–Crippen LogP) is 2.67. The van der Waals surface area contributed by atoms with Crippen molar-refractivity contribution in [3.05, 3.63) is 29.8 Å². The van der Waals surface area contributed by atoms with Crippen LogP contribution in [0.15, 0.2) is 18.2 Å². The van der Waals surface area contributed by atoms with Gasteiger partial charge < -0.3 is 11.1 Å². The smallest absolute Gasteiger partial charge is 0.231 e. The molecule has 0 saturated heterocycles. The maximum absolute atomic E-state index is 13.4. The van der Waals surface area contributed by atoms with Gasteiger partial charge in [0.15, 0.2) is 0 Å². The van der Waals surface area contributed by atoms with Crippen molar-refractivity contribution in [2.75, 3.05) is 5.32 Å². The molecule has 0 bridgehead atoms. The normalized spacial score (nSPS) is 12.4. The molecule has 0 aliphatic carbocycles. The molecule has 1 amide bonds. The number of hydrogen-bond acceptors (Lipinski definition) is 2. The number of carbonyl (C=O) groups is 1. The van der Waals surface area contributed by atoms with Crippen LogP contribution in [0.5, 0.6) is 0 Å². The summed E-state index contributed by atoms with van der Waals surface area (Å²) in [5.74, 6) is -1.92. The van der Waals surface area contributed by atoms with Crippen LogP contribution in [0.25, 0.3) is 0 Å². The first-order chi connectivity index (χ1) is 8.05. The van der Waals surface area contributed by atoms with E-state index in [1.54, 1.807) is 27.7 Å². The molecule has 1 aromatic carbocycles. The highest BCUT2D eigenvalue weighted by Gasteiger charge is 2.40. The monoisotopic (exact) mass is 256 g/mol. The molecule has 1 rings (SSSR count). The lowest BCUT2D eigenvalue weighted by atomic mass is 9.74. The van der Waals surface area contributed by atoms with E-state index in [1.807, 2.05) is 0 Å². The summed E-state index contributed by atoms with van der Waals surface area (Å²) in [6.45, 7) is 6.77. The average molecular weight is 256 g/mol. The number of rotatable bonds is 3. The van der Waals surface area contributed by atoms with Crippen LogP contribution in [0.2, 0.25) is 0 Å². The van der Waals surface area contributed by atoms with Crippen molar-refractivity contribution in [1.82, 2.24) is 0 Å². The van der Waals surface area contributed by atoms with Crippen LogP contribution in [-0.2, 0) is 4.79 Å². The average Bonchev–Trinajstić information content (AvgIpc) is 2.20. The molecule has 3 N–H and O–H groups in total. The lowest BCUT2D eigenvalue weighted by Crippen LogP contribution is -2.53. The van der Waals surface area contributed by atoms with E-state index in [-0.39, 0.29) is 5.69 Å². The highest BCUT2D eigenvalue weighted by Crippen LogP contribution is 2.30. The van der Waals surface area contributed by atoms with Gasteiger partial charge in [-0.1, -0.05) is 0 Å². The lowest BCUT2D eigenvalue weighted by molar-refractivity contribution is -0.126. The maximum Gasteiger partial charge on any atom is 0.231 e. The van der Waals surface area contributed by atoms with Crippen molar-refractivity contribution in [2.45, 2.75) is 33.2 Å². The Bertz CT molecular complexity index is 465. The molecular weight excluding hydrogens is 238 g/mol. The summed E-state index contributed by atoms with van der Waals surface area (Å²) in [7, 11) is 0. The highest BCUT2D eigenvalue weighted by atomic mass is 19.1. The van der Waals surface area contributed by atoms with Crippen molar-refractivity contribution < 1.29 is 13.6 Å². The molecule has 0 radical (unpaired) electrons. The zero-order valence-corrected chi connectivity index (χ0v) is 11.0. The maximum atomic E-state index is 13.4. The third-order valence-electron chi connectivity index (χ3n) is 3.36. The van der Waals surface area contributed by atoms with Crippen LogP contribution in [0.4, 0.5) is 14.5 Å². The molecule has 18 heavy (non-hydrogen) atoms. The summed E-state index contributed by atoms with van der Waals surface area (Å²) in [5.41, 5.74) is 4.19. The predicted molar refractivity (Wildman–Crippen MR) is 67.0 cm³/mol. The minimum atomic E-state index is -0.895. The molecule has 0 heterocycles. The van der Waals surface area contributed by atoms with E-state index >= 15 is 0 Å². The topological polar surface area (TPSA) is 55.1 Å². The third-order valence-corrected chi connectivity index (χ3v) is 3.36. The van der Waals surface area contributed by atoms with Gasteiger partial charge in [0.25, 0.3) is 0 Å². The van der Waals surface area contributed by atoms with Gasteiger partial charge in [0.2, 0.25) is 5.91 Å². The Labute approximate surface area is 105 Å². The van der Waals surface area contributed by atoms with Crippen molar-refractivity contribution in [2.24, 2.45) is 11.1 Å². The Hall–Kier alpha value is -1.49. The van der Waals surface area contributed by atoms with Gasteiger partial charge in [-0.15, -0.1) is 0 Å². The third kappa shape index (κ3) is 2.85. The van der Waals surface area contributed by atoms with Gasteiger partial charge in [-0.3, -0.25) is 4.79 Å². The largest absolute Gasteiger partial charge is 0.325 e. The van der Waals surface area contributed by atoms with Gasteiger partial charge in [-0.25, -0.2) is 8.78 Å². The molecule has 0 aliphatic rings. The van der Waals surface area contributed by atoms with Crippen molar-refractivity contribution in [1.29, 1.82) is 0 Å². The highest BCUT2D eigenvalue weighted by molar-refractivity contribution is 5.95. The van der Waals surface area contributed by atoms with E-state index in [2.05, 4.69) is 5.32 Å². The van der Waals surface area contributed by atoms with E-state index in [1.165, 1.54) is 6.07 Å². The number of amides is 1. The van der Waals surface area contributed by atoms with Crippen molar-refractivity contribution >= 4 is 11.6 Å². The van der Waals surface area contributed by atoms with E-state index in [9.17, 15) is 13.6 Å². The summed E-state index contributed by atoms with van der Waals surface area (Å²) in [6, 6.07) is 2.98. The van der Waals surface area contributed by atoms with Gasteiger partial charge in [0.1, 0.15) is 11.6 Å². The molecule has 3 nitrogen and oxygen atoms in total. The molecule has 0 spiro atoms. The van der Waals surface area contributed by atoms with Gasteiger partial charge >= 0.3 is 0 Å². The van der Waals surface area contributed by atoms with E-state index in [0.29, 0.717) is 0 Å². The molecule has 0 fully saturated rings. The number of halogens is 2. The number of carbonyl (C=O) groups excluding carboxylic acids is 1. The zero-order chi connectivity index (χ0) is 14.1. The summed E-state index contributed by atoms with van der Waals surface area (Å²) < 4.78 is 26.1. The molecule has 0 saturated carbocycles. The van der Waals surface area contributed by atoms with Gasteiger partial charge in [-0.2, -0.15) is 0 Å². The standard InChI is InChI=1S/C13H18F2N2O/c1-12(2,13(3,4)16)11(18)17-10-6-5-8(14)7-9(10)15/h5-7H,16H2,1-4H3,(H,17,18). The van der Waals surface area contributed by atoms with Gasteiger partial charge in [0, 0.05) is 11.6 Å². The molecule has 0 aliphatic heterocycles. The van der Waals surface area contributed by atoms with Crippen molar-refractivity contribution in [3.63, 3.8) is 0 Å². The SMILES string of the molecule is CC(C)(N)C(C)(C)C(=O)Nc1ccc(F)cc1F. The van der Waals surface area contributed by atoms with Crippen LogP contribution in [0.1, 0.15) is 27.7 Å². The quantitative estimate of drug-likeness (QED) is 0.873. The number of hydrogen-bond donors (Lipinski definition) is 2. The van der Waals surface area contributed by atoms with Crippen LogP contribution in [0.3, 0.4) is 0 Å². The first kappa shape index (κ1) is 14.6. The molecule has 0 unspecified atom stereocenters. The summed E-state index contributed by atoms with van der Waals surface area (Å²) >= 11 is 0. The number of benzene rings is 1. The fourth-order valence-corrected chi connectivity index (χ4v) is 1.16. The second-order valence-electron chi connectivity index (χ2n) is 5.42. The summed E-state index contributed by atoms with van der Waals surface area (Å²) in [6.07, 6.45) is 0. The summed E-state index contributed by atoms with van der Waals surface area (Å²) in [5, 5.41) is 2.42. The molecule has 5 heteroatoms. The number of nitrogens with two attached hydrogens (primary N) is 1. The minimum absolute atomic E-state index is 0.0567. The van der Waals surface area contributed by atoms with Gasteiger partial charge in [0.05, 0.1) is 11.1 Å². The first-order valence-corrected chi connectivity index (χ1v) is 5.61. The Morgan fingerprint density at radius 3 is 2.22 bits per heavy atom. The Morgan fingerprint density at radius 1 is 1.22 bits per heavy atom. The number of nitrogens with one attached hydrogen (secondary N) is 1. The molecule has 0 aromatic heterocycles. The molecule has 1 aromatic rings. The van der Waals surface area contributed by atoms with Crippen LogP contribution in [-0.4, -0.2) is 11.4 Å². The Kier molecular flexibility index (Phi) is 3.76. The Balaban J connectivity index is 2.95. The molecule has 0 atom stereocenters. The van der Waals surface area contributed by atoms with Crippen molar-refractivity contribution in [3.8, 4) is 0 Å². The van der Waals surface area contributed by atoms with Crippen LogP contribution in [0, 0.1) is 17.0 Å². The fourth-order valence-electron chi connectivity index (χ4n) is 1.16. The summed E-state index contributed by atoms with van der Waals surface area (Å²) in [4.78, 5) is 12.1. The lowest BCUT2D eigenvalue weighted by Gasteiger charge is -2.36. The fraction of sp³-hybridized carbons (Fsp3) is 0.462. The first-order valence-electron chi connectivity index (χ1n) is 5.61. The molecule has 100 valence electrons. The second kappa shape index (κ2) is 4.65.